The molecule has 4 heteroatoms. The molecule has 1 atom stereocenters. The highest BCUT2D eigenvalue weighted by molar-refractivity contribution is 7.14. The van der Waals surface area contributed by atoms with Crippen molar-refractivity contribution in [1.82, 2.24) is 4.98 Å². The lowest BCUT2D eigenvalue weighted by Crippen LogP contribution is -2.31. The van der Waals surface area contributed by atoms with Gasteiger partial charge in [-0.3, -0.25) is 9.78 Å². The molecule has 0 fully saturated rings. The standard InChI is InChI=1S/C19H15NO2S/c21-17(22)12-19(11-13-5-8-20-9-6-13)15-4-2-1-3-14(15)18-16(19)7-10-23-18/h1-10H,11-12H2,(H,21,22). The second kappa shape index (κ2) is 5.32. The topological polar surface area (TPSA) is 50.2 Å². The molecule has 0 radical (unpaired) electrons. The van der Waals surface area contributed by atoms with Crippen LogP contribution in [0.25, 0.3) is 10.4 Å². The van der Waals surface area contributed by atoms with Gasteiger partial charge in [0.1, 0.15) is 0 Å². The quantitative estimate of drug-likeness (QED) is 0.786. The summed E-state index contributed by atoms with van der Waals surface area (Å²) >= 11 is 1.69. The van der Waals surface area contributed by atoms with E-state index in [2.05, 4.69) is 28.6 Å². The molecule has 1 N–H and O–H groups in total. The lowest BCUT2D eigenvalue weighted by Gasteiger charge is -2.30. The summed E-state index contributed by atoms with van der Waals surface area (Å²) in [6.07, 6.45) is 4.29. The number of fused-ring (bicyclic) bond motifs is 3. The summed E-state index contributed by atoms with van der Waals surface area (Å²) in [5, 5.41) is 11.7. The largest absolute Gasteiger partial charge is 0.481 e. The number of carboxylic acids is 1. The van der Waals surface area contributed by atoms with Gasteiger partial charge in [-0.1, -0.05) is 24.3 Å². The van der Waals surface area contributed by atoms with Crippen molar-refractivity contribution in [3.05, 3.63) is 76.9 Å². The van der Waals surface area contributed by atoms with Gasteiger partial charge in [0.15, 0.2) is 0 Å². The number of pyridine rings is 1. The molecule has 0 spiro atoms. The van der Waals surface area contributed by atoms with Crippen LogP contribution in [-0.4, -0.2) is 16.1 Å². The Morgan fingerprint density at radius 1 is 1.09 bits per heavy atom. The van der Waals surface area contributed by atoms with Crippen LogP contribution < -0.4 is 0 Å². The average Bonchev–Trinajstić information content (AvgIpc) is 3.12. The third kappa shape index (κ3) is 2.18. The molecule has 4 rings (SSSR count). The fourth-order valence-corrected chi connectivity index (χ4v) is 4.72. The fourth-order valence-electron chi connectivity index (χ4n) is 3.69. The van der Waals surface area contributed by atoms with E-state index in [0.29, 0.717) is 6.42 Å². The van der Waals surface area contributed by atoms with Crippen molar-refractivity contribution >= 4 is 17.3 Å². The predicted octanol–water partition coefficient (Wildman–Crippen LogP) is 4.13. The zero-order valence-corrected chi connectivity index (χ0v) is 13.2. The summed E-state index contributed by atoms with van der Waals surface area (Å²) in [4.78, 5) is 17.0. The number of nitrogens with zero attached hydrogens (tertiary/aromatic N) is 1. The minimum absolute atomic E-state index is 0.0933. The zero-order valence-electron chi connectivity index (χ0n) is 12.4. The van der Waals surface area contributed by atoms with E-state index in [9.17, 15) is 9.90 Å². The summed E-state index contributed by atoms with van der Waals surface area (Å²) in [6, 6.07) is 14.2. The van der Waals surface area contributed by atoms with Crippen molar-refractivity contribution in [3.63, 3.8) is 0 Å². The molecule has 2 aromatic heterocycles. The first-order valence-electron chi connectivity index (χ1n) is 7.49. The molecule has 23 heavy (non-hydrogen) atoms. The predicted molar refractivity (Wildman–Crippen MR) is 90.7 cm³/mol. The smallest absolute Gasteiger partial charge is 0.304 e. The van der Waals surface area contributed by atoms with Gasteiger partial charge in [0.2, 0.25) is 0 Å². The molecule has 1 aliphatic carbocycles. The maximum Gasteiger partial charge on any atom is 0.304 e. The Hall–Kier alpha value is -2.46. The van der Waals surface area contributed by atoms with Crippen LogP contribution >= 0.6 is 11.3 Å². The Labute approximate surface area is 138 Å². The molecular formula is C19H15NO2S. The maximum atomic E-state index is 11.7. The van der Waals surface area contributed by atoms with Crippen LogP contribution in [0.5, 0.6) is 0 Å². The summed E-state index contributed by atoms with van der Waals surface area (Å²) < 4.78 is 0. The van der Waals surface area contributed by atoms with E-state index in [0.717, 1.165) is 16.7 Å². The van der Waals surface area contributed by atoms with Crippen LogP contribution in [0.2, 0.25) is 0 Å². The van der Waals surface area contributed by atoms with Crippen LogP contribution in [0, 0.1) is 0 Å². The number of aliphatic carboxylic acids is 1. The Morgan fingerprint density at radius 2 is 1.87 bits per heavy atom. The third-order valence-electron chi connectivity index (χ3n) is 4.58. The van der Waals surface area contributed by atoms with Gasteiger partial charge in [-0.25, -0.2) is 0 Å². The highest BCUT2D eigenvalue weighted by atomic mass is 32.1. The van der Waals surface area contributed by atoms with Crippen LogP contribution in [0.4, 0.5) is 0 Å². The maximum absolute atomic E-state index is 11.7. The van der Waals surface area contributed by atoms with Crippen molar-refractivity contribution in [2.24, 2.45) is 0 Å². The van der Waals surface area contributed by atoms with Crippen LogP contribution in [-0.2, 0) is 16.6 Å². The van der Waals surface area contributed by atoms with E-state index in [1.165, 1.54) is 10.4 Å². The first-order chi connectivity index (χ1) is 11.2. The molecule has 0 amide bonds. The van der Waals surface area contributed by atoms with E-state index in [1.807, 2.05) is 24.3 Å². The first-order valence-corrected chi connectivity index (χ1v) is 8.37. The molecule has 0 aliphatic heterocycles. The number of hydrogen-bond donors (Lipinski definition) is 1. The van der Waals surface area contributed by atoms with Crippen molar-refractivity contribution in [1.29, 1.82) is 0 Å². The number of thiophene rings is 1. The Bertz CT molecular complexity index is 872. The van der Waals surface area contributed by atoms with Gasteiger partial charge in [0, 0.05) is 22.7 Å². The number of aromatic nitrogens is 1. The van der Waals surface area contributed by atoms with Gasteiger partial charge in [0.25, 0.3) is 0 Å². The minimum Gasteiger partial charge on any atom is -0.481 e. The van der Waals surface area contributed by atoms with Crippen LogP contribution in [0.3, 0.4) is 0 Å². The van der Waals surface area contributed by atoms with Gasteiger partial charge >= 0.3 is 5.97 Å². The molecule has 1 unspecified atom stereocenters. The molecule has 3 aromatic rings. The lowest BCUT2D eigenvalue weighted by molar-refractivity contribution is -0.138. The number of benzene rings is 1. The van der Waals surface area contributed by atoms with E-state index in [1.54, 1.807) is 23.7 Å². The molecule has 0 bridgehead atoms. The van der Waals surface area contributed by atoms with Gasteiger partial charge in [-0.2, -0.15) is 0 Å². The second-order valence-electron chi connectivity index (χ2n) is 5.89. The molecule has 2 heterocycles. The number of carbonyl (C=O) groups is 1. The Kier molecular flexibility index (Phi) is 3.27. The number of carboxylic acid groups (broad SMARTS) is 1. The molecule has 3 nitrogen and oxygen atoms in total. The van der Waals surface area contributed by atoms with Crippen LogP contribution in [0.1, 0.15) is 23.1 Å². The molecule has 1 aromatic carbocycles. The second-order valence-corrected chi connectivity index (χ2v) is 6.81. The normalized spacial score (nSPS) is 18.4. The summed E-state index contributed by atoms with van der Waals surface area (Å²) in [7, 11) is 0. The average molecular weight is 321 g/mol. The van der Waals surface area contributed by atoms with Gasteiger partial charge in [-0.15, -0.1) is 11.3 Å². The van der Waals surface area contributed by atoms with E-state index < -0.39 is 11.4 Å². The van der Waals surface area contributed by atoms with Crippen molar-refractivity contribution in [2.45, 2.75) is 18.3 Å². The van der Waals surface area contributed by atoms with Gasteiger partial charge in [0.05, 0.1) is 6.42 Å². The SMILES string of the molecule is O=C(O)CC1(Cc2ccncc2)c2ccccc2-c2sccc21. The number of rotatable bonds is 4. The van der Waals surface area contributed by atoms with Crippen molar-refractivity contribution in [2.75, 3.05) is 0 Å². The summed E-state index contributed by atoms with van der Waals surface area (Å²) in [5.74, 6) is -0.770. The molecule has 114 valence electrons. The van der Waals surface area contributed by atoms with E-state index in [-0.39, 0.29) is 6.42 Å². The molecule has 0 saturated carbocycles. The highest BCUT2D eigenvalue weighted by Crippen LogP contribution is 2.54. The minimum atomic E-state index is -0.770. The highest BCUT2D eigenvalue weighted by Gasteiger charge is 2.45. The number of hydrogen-bond acceptors (Lipinski definition) is 3. The Balaban J connectivity index is 1.94. The van der Waals surface area contributed by atoms with E-state index in [4.69, 9.17) is 0 Å². The fraction of sp³-hybridized carbons (Fsp3) is 0.158. The summed E-state index contributed by atoms with van der Waals surface area (Å²) in [5.41, 5.74) is 4.05. The van der Waals surface area contributed by atoms with Gasteiger partial charge < -0.3 is 5.11 Å². The van der Waals surface area contributed by atoms with Crippen LogP contribution in [0.15, 0.2) is 60.2 Å². The van der Waals surface area contributed by atoms with Crippen molar-refractivity contribution < 1.29 is 9.90 Å². The monoisotopic (exact) mass is 321 g/mol. The molecule has 1 aliphatic rings. The van der Waals surface area contributed by atoms with Gasteiger partial charge in [-0.05, 0) is 52.3 Å². The molecular weight excluding hydrogens is 306 g/mol. The van der Waals surface area contributed by atoms with E-state index >= 15 is 0 Å². The Morgan fingerprint density at radius 3 is 2.65 bits per heavy atom. The summed E-state index contributed by atoms with van der Waals surface area (Å²) in [6.45, 7) is 0. The molecule has 0 saturated heterocycles. The lowest BCUT2D eigenvalue weighted by atomic mass is 9.71. The third-order valence-corrected chi connectivity index (χ3v) is 5.52. The zero-order chi connectivity index (χ0) is 15.9. The van der Waals surface area contributed by atoms with Crippen molar-refractivity contribution in [3.8, 4) is 10.4 Å². The first kappa shape index (κ1) is 14.2.